The molecule has 2 amide bonds. The quantitative estimate of drug-likeness (QED) is 0.711. The third-order valence-electron chi connectivity index (χ3n) is 4.33. The van der Waals surface area contributed by atoms with Gasteiger partial charge in [0.25, 0.3) is 0 Å². The largest absolute Gasteiger partial charge is 0.331 e. The van der Waals surface area contributed by atoms with Crippen LogP contribution in [-0.2, 0) is 26.6 Å². The smallest absolute Gasteiger partial charge is 0.319 e. The summed E-state index contributed by atoms with van der Waals surface area (Å²) in [5.74, 6) is 0.718. The summed E-state index contributed by atoms with van der Waals surface area (Å²) in [6.07, 6.45) is 2.57. The molecule has 0 spiro atoms. The first-order valence-corrected chi connectivity index (χ1v) is 8.50. The zero-order chi connectivity index (χ0) is 18.5. The minimum atomic E-state index is -0.290. The number of urea groups is 1. The van der Waals surface area contributed by atoms with Crippen molar-refractivity contribution in [3.05, 3.63) is 59.4 Å². The molecule has 8 heteroatoms. The van der Waals surface area contributed by atoms with Crippen molar-refractivity contribution in [2.24, 2.45) is 7.05 Å². The molecule has 2 aromatic heterocycles. The molecule has 0 saturated carbocycles. The number of aromatic nitrogens is 5. The highest BCUT2D eigenvalue weighted by molar-refractivity contribution is 5.90. The normalized spacial score (nSPS) is 10.7. The van der Waals surface area contributed by atoms with Crippen molar-refractivity contribution in [2.45, 2.75) is 33.4 Å². The Morgan fingerprint density at radius 3 is 2.65 bits per heavy atom. The van der Waals surface area contributed by atoms with Gasteiger partial charge in [0, 0.05) is 13.6 Å². The average molecular weight is 353 g/mol. The maximum Gasteiger partial charge on any atom is 0.319 e. The summed E-state index contributed by atoms with van der Waals surface area (Å²) in [5, 5.41) is 18.0. The van der Waals surface area contributed by atoms with Gasteiger partial charge in [0.1, 0.15) is 6.33 Å². The van der Waals surface area contributed by atoms with E-state index in [1.54, 1.807) is 11.0 Å². The van der Waals surface area contributed by atoms with Crippen molar-refractivity contribution in [1.29, 1.82) is 0 Å². The number of benzene rings is 1. The Bertz CT molecular complexity index is 882. The number of aryl methyl sites for hydroxylation is 4. The summed E-state index contributed by atoms with van der Waals surface area (Å²) in [6.45, 7) is 4.84. The van der Waals surface area contributed by atoms with Gasteiger partial charge in [-0.15, -0.1) is 10.2 Å². The molecule has 3 rings (SSSR count). The van der Waals surface area contributed by atoms with Gasteiger partial charge in [0.2, 0.25) is 0 Å². The Balaban J connectivity index is 1.55. The number of amides is 2. The summed E-state index contributed by atoms with van der Waals surface area (Å²) >= 11 is 0. The first-order chi connectivity index (χ1) is 12.5. The molecule has 0 atom stereocenters. The number of hydrogen-bond acceptors (Lipinski definition) is 4. The molecule has 8 nitrogen and oxygen atoms in total. The number of rotatable bonds is 6. The predicted octanol–water partition coefficient (Wildman–Crippen LogP) is 2.19. The van der Waals surface area contributed by atoms with Gasteiger partial charge in [-0.2, -0.15) is 5.10 Å². The Morgan fingerprint density at radius 2 is 1.96 bits per heavy atom. The zero-order valence-corrected chi connectivity index (χ0v) is 15.2. The van der Waals surface area contributed by atoms with E-state index in [4.69, 9.17) is 0 Å². The Morgan fingerprint density at radius 1 is 1.19 bits per heavy atom. The molecular formula is C18H23N7O. The first-order valence-electron chi connectivity index (χ1n) is 8.50. The van der Waals surface area contributed by atoms with E-state index >= 15 is 0 Å². The van der Waals surface area contributed by atoms with Crippen LogP contribution in [0.3, 0.4) is 0 Å². The van der Waals surface area contributed by atoms with E-state index in [1.807, 2.05) is 43.7 Å². The Labute approximate surface area is 152 Å². The minimum Gasteiger partial charge on any atom is -0.331 e. The van der Waals surface area contributed by atoms with Gasteiger partial charge in [-0.3, -0.25) is 4.68 Å². The number of carbonyl (C=O) groups is 1. The number of hydrogen-bond donors (Lipinski definition) is 2. The van der Waals surface area contributed by atoms with Gasteiger partial charge < -0.3 is 15.2 Å². The average Bonchev–Trinajstić information content (AvgIpc) is 3.18. The highest BCUT2D eigenvalue weighted by Crippen LogP contribution is 2.17. The second kappa shape index (κ2) is 7.81. The van der Waals surface area contributed by atoms with Crippen LogP contribution in [0.25, 0.3) is 0 Å². The molecule has 0 aliphatic carbocycles. The fourth-order valence-electron chi connectivity index (χ4n) is 2.77. The van der Waals surface area contributed by atoms with E-state index in [0.29, 0.717) is 6.54 Å². The highest BCUT2D eigenvalue weighted by Gasteiger charge is 2.13. The predicted molar refractivity (Wildman–Crippen MR) is 98.7 cm³/mol. The maximum absolute atomic E-state index is 12.2. The maximum atomic E-state index is 12.2. The summed E-state index contributed by atoms with van der Waals surface area (Å²) < 4.78 is 3.69. The Kier molecular flexibility index (Phi) is 5.31. The first kappa shape index (κ1) is 17.7. The second-order valence-corrected chi connectivity index (χ2v) is 6.15. The number of anilines is 1. The summed E-state index contributed by atoms with van der Waals surface area (Å²) in [4.78, 5) is 12.2. The van der Waals surface area contributed by atoms with E-state index in [0.717, 1.165) is 35.9 Å². The van der Waals surface area contributed by atoms with E-state index in [-0.39, 0.29) is 6.03 Å². The summed E-state index contributed by atoms with van der Waals surface area (Å²) in [6, 6.07) is 9.94. The van der Waals surface area contributed by atoms with Crippen molar-refractivity contribution >= 4 is 11.7 Å². The third-order valence-corrected chi connectivity index (χ3v) is 4.33. The fraction of sp³-hybridized carbons (Fsp3) is 0.333. The second-order valence-electron chi connectivity index (χ2n) is 6.15. The van der Waals surface area contributed by atoms with Crippen LogP contribution in [0.5, 0.6) is 0 Å². The lowest BCUT2D eigenvalue weighted by Gasteiger charge is -2.09. The topological polar surface area (TPSA) is 89.7 Å². The summed E-state index contributed by atoms with van der Waals surface area (Å²) in [7, 11) is 1.85. The zero-order valence-electron chi connectivity index (χ0n) is 15.2. The molecule has 0 radical (unpaired) electrons. The third kappa shape index (κ3) is 4.08. The molecule has 2 heterocycles. The van der Waals surface area contributed by atoms with E-state index < -0.39 is 0 Å². The van der Waals surface area contributed by atoms with Crippen LogP contribution in [0.2, 0.25) is 0 Å². The van der Waals surface area contributed by atoms with Crippen molar-refractivity contribution in [1.82, 2.24) is 29.9 Å². The van der Waals surface area contributed by atoms with Crippen molar-refractivity contribution < 1.29 is 4.79 Å². The summed E-state index contributed by atoms with van der Waals surface area (Å²) in [5.41, 5.74) is 3.67. The van der Waals surface area contributed by atoms with Crippen LogP contribution in [0.1, 0.15) is 22.8 Å². The van der Waals surface area contributed by atoms with Crippen LogP contribution in [0, 0.1) is 13.8 Å². The van der Waals surface area contributed by atoms with Gasteiger partial charge >= 0.3 is 6.03 Å². The molecule has 2 N–H and O–H groups in total. The lowest BCUT2D eigenvalue weighted by molar-refractivity contribution is 0.251. The standard InChI is InChI=1S/C18H23N7O/c1-13-17(14(2)24(3)23-13)21-18(26)19-11-16-22-20-12-25(16)10-9-15-7-5-4-6-8-15/h4-8,12H,9-11H2,1-3H3,(H2,19,21,26). The molecule has 0 bridgehead atoms. The molecule has 136 valence electrons. The van der Waals surface area contributed by atoms with Crippen molar-refractivity contribution in [2.75, 3.05) is 5.32 Å². The van der Waals surface area contributed by atoms with Gasteiger partial charge in [-0.1, -0.05) is 30.3 Å². The fourth-order valence-corrected chi connectivity index (χ4v) is 2.77. The molecule has 0 fully saturated rings. The molecule has 26 heavy (non-hydrogen) atoms. The lowest BCUT2D eigenvalue weighted by Crippen LogP contribution is -2.30. The van der Waals surface area contributed by atoms with Crippen LogP contribution in [0.15, 0.2) is 36.7 Å². The van der Waals surface area contributed by atoms with E-state index in [2.05, 4.69) is 38.1 Å². The van der Waals surface area contributed by atoms with Crippen LogP contribution in [0.4, 0.5) is 10.5 Å². The number of nitrogens with one attached hydrogen (secondary N) is 2. The monoisotopic (exact) mass is 353 g/mol. The van der Waals surface area contributed by atoms with Crippen molar-refractivity contribution in [3.63, 3.8) is 0 Å². The number of carbonyl (C=O) groups excluding carboxylic acids is 1. The van der Waals surface area contributed by atoms with Gasteiger partial charge in [0.05, 0.1) is 23.6 Å². The van der Waals surface area contributed by atoms with Crippen LogP contribution in [-0.4, -0.2) is 30.6 Å². The van der Waals surface area contributed by atoms with Gasteiger partial charge in [-0.25, -0.2) is 4.79 Å². The minimum absolute atomic E-state index is 0.290. The number of nitrogens with zero attached hydrogens (tertiary/aromatic N) is 5. The van der Waals surface area contributed by atoms with Crippen molar-refractivity contribution in [3.8, 4) is 0 Å². The molecule has 0 unspecified atom stereocenters. The molecular weight excluding hydrogens is 330 g/mol. The van der Waals surface area contributed by atoms with Crippen LogP contribution >= 0.6 is 0 Å². The molecule has 0 saturated heterocycles. The molecule has 0 aliphatic rings. The van der Waals surface area contributed by atoms with Crippen LogP contribution < -0.4 is 10.6 Å². The van der Waals surface area contributed by atoms with Gasteiger partial charge in [-0.05, 0) is 25.8 Å². The highest BCUT2D eigenvalue weighted by atomic mass is 16.2. The van der Waals surface area contributed by atoms with Gasteiger partial charge in [0.15, 0.2) is 5.82 Å². The molecule has 1 aromatic carbocycles. The molecule has 0 aliphatic heterocycles. The molecule has 3 aromatic rings. The Hall–Kier alpha value is -3.16. The SMILES string of the molecule is Cc1nn(C)c(C)c1NC(=O)NCc1nncn1CCc1ccccc1. The lowest BCUT2D eigenvalue weighted by atomic mass is 10.1. The van der Waals surface area contributed by atoms with E-state index in [1.165, 1.54) is 5.56 Å². The van der Waals surface area contributed by atoms with E-state index in [9.17, 15) is 4.79 Å².